The van der Waals surface area contributed by atoms with Crippen molar-refractivity contribution < 1.29 is 4.74 Å². The summed E-state index contributed by atoms with van der Waals surface area (Å²) in [5, 5.41) is 7.59. The van der Waals surface area contributed by atoms with Crippen LogP contribution in [0.5, 0.6) is 0 Å². The molecule has 0 heterocycles. The van der Waals surface area contributed by atoms with E-state index in [1.807, 2.05) is 25.2 Å². The quantitative estimate of drug-likeness (QED) is 0.481. The molecule has 0 bridgehead atoms. The van der Waals surface area contributed by atoms with Gasteiger partial charge in [-0.1, -0.05) is 15.9 Å². The number of halogens is 1. The second-order valence-electron chi connectivity index (χ2n) is 3.84. The Morgan fingerprint density at radius 2 is 2.24 bits per heavy atom. The number of nitrogens with two attached hydrogens (primary N) is 1. The van der Waals surface area contributed by atoms with Gasteiger partial charge in [-0.15, -0.1) is 0 Å². The number of anilines is 1. The smallest absolute Gasteiger partial charge is 0.124 e. The van der Waals surface area contributed by atoms with Crippen molar-refractivity contribution in [3.8, 4) is 0 Å². The molecule has 0 aliphatic carbocycles. The van der Waals surface area contributed by atoms with Gasteiger partial charge < -0.3 is 15.4 Å². The molecule has 0 unspecified atom stereocenters. The van der Waals surface area contributed by atoms with E-state index in [4.69, 9.17) is 15.9 Å². The summed E-state index contributed by atoms with van der Waals surface area (Å²) in [4.78, 5) is 2.09. The average molecular weight is 300 g/mol. The number of nitrogens with one attached hydrogen (secondary N) is 1. The Labute approximate surface area is 110 Å². The van der Waals surface area contributed by atoms with Gasteiger partial charge in [0.25, 0.3) is 0 Å². The summed E-state index contributed by atoms with van der Waals surface area (Å²) in [6, 6.07) is 5.78. The van der Waals surface area contributed by atoms with E-state index in [0.717, 1.165) is 35.3 Å². The molecule has 0 atom stereocenters. The number of benzene rings is 1. The summed E-state index contributed by atoms with van der Waals surface area (Å²) in [7, 11) is 3.69. The average Bonchev–Trinajstić information content (AvgIpc) is 2.29. The third kappa shape index (κ3) is 4.02. The van der Waals surface area contributed by atoms with E-state index in [0.29, 0.717) is 0 Å². The van der Waals surface area contributed by atoms with E-state index in [-0.39, 0.29) is 5.84 Å². The van der Waals surface area contributed by atoms with Gasteiger partial charge >= 0.3 is 0 Å². The van der Waals surface area contributed by atoms with Gasteiger partial charge in [0.2, 0.25) is 0 Å². The molecule has 0 spiro atoms. The van der Waals surface area contributed by atoms with Crippen LogP contribution in [-0.2, 0) is 4.74 Å². The van der Waals surface area contributed by atoms with Crippen molar-refractivity contribution in [3.05, 3.63) is 28.2 Å². The second-order valence-corrected chi connectivity index (χ2v) is 4.76. The number of hydrogen-bond acceptors (Lipinski definition) is 3. The zero-order valence-electron chi connectivity index (χ0n) is 10.2. The Balaban J connectivity index is 2.84. The van der Waals surface area contributed by atoms with Crippen LogP contribution in [0.25, 0.3) is 0 Å². The van der Waals surface area contributed by atoms with Crippen molar-refractivity contribution >= 4 is 27.5 Å². The van der Waals surface area contributed by atoms with Gasteiger partial charge in [-0.05, 0) is 24.6 Å². The molecular formula is C12H18BrN3O. The van der Waals surface area contributed by atoms with E-state index in [1.165, 1.54) is 0 Å². The van der Waals surface area contributed by atoms with Crippen LogP contribution in [0.4, 0.5) is 5.69 Å². The number of nitrogens with zero attached hydrogens (tertiary/aromatic N) is 1. The highest BCUT2D eigenvalue weighted by atomic mass is 79.9. The number of rotatable bonds is 6. The first-order chi connectivity index (χ1) is 8.06. The lowest BCUT2D eigenvalue weighted by Crippen LogP contribution is -2.24. The molecular weight excluding hydrogens is 282 g/mol. The molecule has 1 rings (SSSR count). The van der Waals surface area contributed by atoms with Crippen molar-refractivity contribution in [1.82, 2.24) is 0 Å². The zero-order valence-corrected chi connectivity index (χ0v) is 11.8. The van der Waals surface area contributed by atoms with Gasteiger partial charge in [0, 0.05) is 43.0 Å². The van der Waals surface area contributed by atoms with Crippen molar-refractivity contribution in [1.29, 1.82) is 5.41 Å². The Bertz CT molecular complexity index is 395. The van der Waals surface area contributed by atoms with Crippen LogP contribution in [-0.4, -0.2) is 33.1 Å². The van der Waals surface area contributed by atoms with Crippen LogP contribution < -0.4 is 10.6 Å². The van der Waals surface area contributed by atoms with Crippen molar-refractivity contribution in [2.45, 2.75) is 6.42 Å². The Hall–Kier alpha value is -1.07. The topological polar surface area (TPSA) is 62.3 Å². The van der Waals surface area contributed by atoms with E-state index < -0.39 is 0 Å². The van der Waals surface area contributed by atoms with Crippen molar-refractivity contribution in [2.75, 3.05) is 32.2 Å². The number of amidine groups is 1. The summed E-state index contributed by atoms with van der Waals surface area (Å²) in [5.41, 5.74) is 7.31. The normalized spacial score (nSPS) is 10.3. The molecule has 4 nitrogen and oxygen atoms in total. The molecule has 1 aromatic rings. The van der Waals surface area contributed by atoms with Crippen molar-refractivity contribution in [3.63, 3.8) is 0 Å². The fraction of sp³-hybridized carbons (Fsp3) is 0.417. The standard InChI is InChI=1S/C12H18BrN3O/c1-16(6-3-7-17-2)11-5-4-9(13)8-10(11)12(14)15/h4-5,8H,3,6-7H2,1-2H3,(H3,14,15). The van der Waals surface area contributed by atoms with E-state index in [9.17, 15) is 0 Å². The molecule has 0 saturated heterocycles. The lowest BCUT2D eigenvalue weighted by molar-refractivity contribution is 0.196. The maximum absolute atomic E-state index is 7.59. The van der Waals surface area contributed by atoms with Crippen LogP contribution in [0.2, 0.25) is 0 Å². The highest BCUT2D eigenvalue weighted by Crippen LogP contribution is 2.23. The molecule has 0 aromatic heterocycles. The number of nitrogen functional groups attached to an aromatic ring is 1. The molecule has 0 aliphatic heterocycles. The van der Waals surface area contributed by atoms with Gasteiger partial charge in [0.05, 0.1) is 0 Å². The first-order valence-corrected chi connectivity index (χ1v) is 6.19. The molecule has 94 valence electrons. The van der Waals surface area contributed by atoms with Gasteiger partial charge in [-0.25, -0.2) is 0 Å². The lowest BCUT2D eigenvalue weighted by Gasteiger charge is -2.22. The fourth-order valence-electron chi connectivity index (χ4n) is 1.62. The number of methoxy groups -OCH3 is 1. The molecule has 0 amide bonds. The lowest BCUT2D eigenvalue weighted by atomic mass is 10.1. The number of hydrogen-bond donors (Lipinski definition) is 2. The summed E-state index contributed by atoms with van der Waals surface area (Å²) < 4.78 is 5.95. The third-order valence-electron chi connectivity index (χ3n) is 2.50. The molecule has 0 fully saturated rings. The molecule has 0 saturated carbocycles. The van der Waals surface area contributed by atoms with E-state index in [2.05, 4.69) is 20.8 Å². The van der Waals surface area contributed by atoms with Crippen LogP contribution in [0.15, 0.2) is 22.7 Å². The Morgan fingerprint density at radius 3 is 2.82 bits per heavy atom. The predicted molar refractivity (Wildman–Crippen MR) is 74.9 cm³/mol. The molecule has 3 N–H and O–H groups in total. The summed E-state index contributed by atoms with van der Waals surface area (Å²) in [6.45, 7) is 1.60. The number of ether oxygens (including phenoxy) is 1. The summed E-state index contributed by atoms with van der Waals surface area (Å²) >= 11 is 3.39. The molecule has 5 heteroatoms. The third-order valence-corrected chi connectivity index (χ3v) is 3.00. The van der Waals surface area contributed by atoms with Crippen LogP contribution in [0.3, 0.4) is 0 Å². The van der Waals surface area contributed by atoms with Crippen LogP contribution >= 0.6 is 15.9 Å². The largest absolute Gasteiger partial charge is 0.385 e. The first-order valence-electron chi connectivity index (χ1n) is 5.40. The van der Waals surface area contributed by atoms with Gasteiger partial charge in [-0.2, -0.15) is 0 Å². The maximum atomic E-state index is 7.59. The monoisotopic (exact) mass is 299 g/mol. The Morgan fingerprint density at radius 1 is 1.53 bits per heavy atom. The van der Waals surface area contributed by atoms with Crippen molar-refractivity contribution in [2.24, 2.45) is 5.73 Å². The SMILES string of the molecule is COCCCN(C)c1ccc(Br)cc1C(=N)N. The summed E-state index contributed by atoms with van der Waals surface area (Å²) in [6.07, 6.45) is 0.945. The highest BCUT2D eigenvalue weighted by Gasteiger charge is 2.10. The predicted octanol–water partition coefficient (Wildman–Crippen LogP) is 2.21. The minimum absolute atomic E-state index is 0.0832. The van der Waals surface area contributed by atoms with E-state index >= 15 is 0 Å². The van der Waals surface area contributed by atoms with Gasteiger partial charge in [-0.3, -0.25) is 5.41 Å². The second kappa shape index (κ2) is 6.61. The van der Waals surface area contributed by atoms with E-state index in [1.54, 1.807) is 7.11 Å². The fourth-order valence-corrected chi connectivity index (χ4v) is 1.98. The molecule has 17 heavy (non-hydrogen) atoms. The maximum Gasteiger partial charge on any atom is 0.124 e. The van der Waals surface area contributed by atoms with Gasteiger partial charge in [0.15, 0.2) is 0 Å². The minimum atomic E-state index is 0.0832. The van der Waals surface area contributed by atoms with Crippen LogP contribution in [0.1, 0.15) is 12.0 Å². The first kappa shape index (κ1) is 14.0. The zero-order chi connectivity index (χ0) is 12.8. The minimum Gasteiger partial charge on any atom is -0.385 e. The molecule has 0 aliphatic rings. The highest BCUT2D eigenvalue weighted by molar-refractivity contribution is 9.10. The summed E-state index contributed by atoms with van der Waals surface area (Å²) in [5.74, 6) is 0.0832. The van der Waals surface area contributed by atoms with Gasteiger partial charge in [0.1, 0.15) is 5.84 Å². The molecule has 1 aromatic carbocycles. The molecule has 0 radical (unpaired) electrons. The Kier molecular flexibility index (Phi) is 5.44. The van der Waals surface area contributed by atoms with Crippen LogP contribution in [0, 0.1) is 5.41 Å².